The Kier molecular flexibility index (Phi) is 4.67. The predicted octanol–water partition coefficient (Wildman–Crippen LogP) is 2.57. The van der Waals surface area contributed by atoms with Gasteiger partial charge in [-0.3, -0.25) is 4.79 Å². The average Bonchev–Trinajstić information content (AvgIpc) is 3.01. The van der Waals surface area contributed by atoms with E-state index >= 15 is 0 Å². The standard InChI is InChI=1S/C20H29N3O2/c1-25-18-16(14-15-4-2-5-17(15)22-18)19(24)23-12-3-6-20(9-13-23)7-10-21-11-8-20/h14,21H,2-13H2,1H3. The zero-order valence-electron chi connectivity index (χ0n) is 15.3. The first kappa shape index (κ1) is 16.8. The molecule has 2 fully saturated rings. The molecular weight excluding hydrogens is 314 g/mol. The third kappa shape index (κ3) is 3.26. The second-order valence-electron chi connectivity index (χ2n) is 7.90. The molecular formula is C20H29N3O2. The first-order valence-corrected chi connectivity index (χ1v) is 9.78. The van der Waals surface area contributed by atoms with E-state index in [1.165, 1.54) is 24.8 Å². The topological polar surface area (TPSA) is 54.5 Å². The van der Waals surface area contributed by atoms with E-state index in [1.807, 2.05) is 11.0 Å². The molecule has 1 N–H and O–H groups in total. The summed E-state index contributed by atoms with van der Waals surface area (Å²) >= 11 is 0. The largest absolute Gasteiger partial charge is 0.480 e. The van der Waals surface area contributed by atoms with Gasteiger partial charge in [-0.15, -0.1) is 0 Å². The Labute approximate surface area is 150 Å². The number of amides is 1. The van der Waals surface area contributed by atoms with E-state index in [9.17, 15) is 4.79 Å². The van der Waals surface area contributed by atoms with Crippen molar-refractivity contribution in [3.05, 3.63) is 22.9 Å². The minimum Gasteiger partial charge on any atom is -0.480 e. The summed E-state index contributed by atoms with van der Waals surface area (Å²) in [6.07, 6.45) is 9.13. The number of nitrogens with zero attached hydrogens (tertiary/aromatic N) is 2. The van der Waals surface area contributed by atoms with Crippen LogP contribution in [0, 0.1) is 5.41 Å². The SMILES string of the molecule is COc1nc2c(cc1C(=O)N1CCCC3(CCNCC3)CC1)CCC2. The number of ether oxygens (including phenoxy) is 1. The molecule has 0 aromatic carbocycles. The van der Waals surface area contributed by atoms with E-state index in [4.69, 9.17) is 4.74 Å². The van der Waals surface area contributed by atoms with Crippen LogP contribution in [0.1, 0.15) is 60.1 Å². The number of nitrogens with one attached hydrogen (secondary N) is 1. The summed E-state index contributed by atoms with van der Waals surface area (Å²) in [7, 11) is 1.62. The minimum absolute atomic E-state index is 0.102. The Morgan fingerprint density at radius 3 is 2.80 bits per heavy atom. The molecule has 0 unspecified atom stereocenters. The highest BCUT2D eigenvalue weighted by molar-refractivity contribution is 5.96. The number of likely N-dealkylation sites (tertiary alicyclic amines) is 1. The van der Waals surface area contributed by atoms with E-state index in [1.54, 1.807) is 7.11 Å². The Morgan fingerprint density at radius 2 is 2.00 bits per heavy atom. The normalized spacial score (nSPS) is 22.5. The van der Waals surface area contributed by atoms with Gasteiger partial charge in [0, 0.05) is 18.8 Å². The molecule has 5 nitrogen and oxygen atoms in total. The van der Waals surface area contributed by atoms with E-state index in [0.717, 1.165) is 64.0 Å². The maximum Gasteiger partial charge on any atom is 0.259 e. The smallest absolute Gasteiger partial charge is 0.259 e. The molecule has 1 spiro atoms. The summed E-state index contributed by atoms with van der Waals surface area (Å²) in [5.74, 6) is 0.608. The molecule has 4 rings (SSSR count). The molecule has 0 radical (unpaired) electrons. The van der Waals surface area contributed by atoms with Crippen LogP contribution in [0.15, 0.2) is 6.07 Å². The molecule has 0 saturated carbocycles. The van der Waals surface area contributed by atoms with Crippen LogP contribution in [0.5, 0.6) is 5.88 Å². The van der Waals surface area contributed by atoms with Gasteiger partial charge < -0.3 is 15.0 Å². The van der Waals surface area contributed by atoms with Crippen molar-refractivity contribution in [1.82, 2.24) is 15.2 Å². The van der Waals surface area contributed by atoms with Gasteiger partial charge in [0.05, 0.1) is 7.11 Å². The van der Waals surface area contributed by atoms with Gasteiger partial charge in [0.15, 0.2) is 0 Å². The molecule has 0 bridgehead atoms. The monoisotopic (exact) mass is 343 g/mol. The number of hydrogen-bond acceptors (Lipinski definition) is 4. The van der Waals surface area contributed by atoms with Crippen molar-refractivity contribution in [2.75, 3.05) is 33.3 Å². The van der Waals surface area contributed by atoms with Crippen LogP contribution in [0.2, 0.25) is 0 Å². The Morgan fingerprint density at radius 1 is 1.16 bits per heavy atom. The van der Waals surface area contributed by atoms with Gasteiger partial charge >= 0.3 is 0 Å². The molecule has 25 heavy (non-hydrogen) atoms. The maximum atomic E-state index is 13.2. The lowest BCUT2D eigenvalue weighted by molar-refractivity contribution is 0.0746. The second kappa shape index (κ2) is 6.94. The summed E-state index contributed by atoms with van der Waals surface area (Å²) in [4.78, 5) is 19.9. The van der Waals surface area contributed by atoms with Crippen molar-refractivity contribution in [1.29, 1.82) is 0 Å². The molecule has 2 saturated heterocycles. The fourth-order valence-electron chi connectivity index (χ4n) is 4.85. The lowest BCUT2D eigenvalue weighted by atomic mass is 9.73. The number of fused-ring (bicyclic) bond motifs is 1. The number of carbonyl (C=O) groups excluding carboxylic acids is 1. The number of methoxy groups -OCH3 is 1. The summed E-state index contributed by atoms with van der Waals surface area (Å²) in [6, 6.07) is 2.04. The maximum absolute atomic E-state index is 13.2. The molecule has 1 aromatic heterocycles. The third-order valence-corrected chi connectivity index (χ3v) is 6.44. The Bertz CT molecular complexity index is 653. The van der Waals surface area contributed by atoms with Crippen LogP contribution in [-0.4, -0.2) is 49.1 Å². The first-order valence-electron chi connectivity index (χ1n) is 9.78. The van der Waals surface area contributed by atoms with Gasteiger partial charge in [0.25, 0.3) is 5.91 Å². The zero-order valence-corrected chi connectivity index (χ0v) is 15.3. The quantitative estimate of drug-likeness (QED) is 0.897. The van der Waals surface area contributed by atoms with Crippen LogP contribution in [0.25, 0.3) is 0 Å². The third-order valence-electron chi connectivity index (χ3n) is 6.44. The Hall–Kier alpha value is -1.62. The zero-order chi connectivity index (χ0) is 17.3. The highest BCUT2D eigenvalue weighted by atomic mass is 16.5. The number of aryl methyl sites for hydroxylation is 2. The number of pyridine rings is 1. The van der Waals surface area contributed by atoms with Crippen molar-refractivity contribution in [3.8, 4) is 5.88 Å². The van der Waals surface area contributed by atoms with Crippen LogP contribution in [0.4, 0.5) is 0 Å². The van der Waals surface area contributed by atoms with E-state index in [2.05, 4.69) is 10.3 Å². The van der Waals surface area contributed by atoms with Crippen molar-refractivity contribution >= 4 is 5.91 Å². The van der Waals surface area contributed by atoms with Crippen molar-refractivity contribution in [2.24, 2.45) is 5.41 Å². The number of rotatable bonds is 2. The van der Waals surface area contributed by atoms with Gasteiger partial charge in [0.1, 0.15) is 5.56 Å². The molecule has 5 heteroatoms. The van der Waals surface area contributed by atoms with Gasteiger partial charge in [-0.2, -0.15) is 0 Å². The van der Waals surface area contributed by atoms with Gasteiger partial charge in [0.2, 0.25) is 5.88 Å². The van der Waals surface area contributed by atoms with Crippen molar-refractivity contribution < 1.29 is 9.53 Å². The number of carbonyl (C=O) groups is 1. The molecule has 1 aromatic rings. The van der Waals surface area contributed by atoms with Gasteiger partial charge in [-0.25, -0.2) is 4.98 Å². The van der Waals surface area contributed by atoms with Crippen molar-refractivity contribution in [3.63, 3.8) is 0 Å². The van der Waals surface area contributed by atoms with Crippen LogP contribution in [0.3, 0.4) is 0 Å². The van der Waals surface area contributed by atoms with E-state index < -0.39 is 0 Å². The molecule has 3 heterocycles. The van der Waals surface area contributed by atoms with E-state index in [0.29, 0.717) is 16.9 Å². The molecule has 1 aliphatic carbocycles. The summed E-state index contributed by atoms with van der Waals surface area (Å²) in [5, 5.41) is 3.47. The lowest BCUT2D eigenvalue weighted by Crippen LogP contribution is -2.38. The highest BCUT2D eigenvalue weighted by Crippen LogP contribution is 2.40. The molecule has 0 atom stereocenters. The van der Waals surface area contributed by atoms with E-state index in [-0.39, 0.29) is 5.91 Å². The van der Waals surface area contributed by atoms with Crippen LogP contribution in [-0.2, 0) is 12.8 Å². The first-order chi connectivity index (χ1) is 12.2. The van der Waals surface area contributed by atoms with Crippen LogP contribution < -0.4 is 10.1 Å². The van der Waals surface area contributed by atoms with Gasteiger partial charge in [-0.05, 0) is 81.5 Å². The molecule has 3 aliphatic rings. The molecule has 136 valence electrons. The average molecular weight is 343 g/mol. The summed E-state index contributed by atoms with van der Waals surface area (Å²) < 4.78 is 5.46. The molecule has 1 amide bonds. The highest BCUT2D eigenvalue weighted by Gasteiger charge is 2.35. The minimum atomic E-state index is 0.102. The predicted molar refractivity (Wildman–Crippen MR) is 97.1 cm³/mol. The molecule has 2 aliphatic heterocycles. The fourth-order valence-corrected chi connectivity index (χ4v) is 4.85. The number of aromatic nitrogens is 1. The summed E-state index contributed by atoms with van der Waals surface area (Å²) in [5.41, 5.74) is 3.44. The van der Waals surface area contributed by atoms with Crippen molar-refractivity contribution in [2.45, 2.75) is 51.4 Å². The van der Waals surface area contributed by atoms with Crippen LogP contribution >= 0.6 is 0 Å². The number of piperidine rings is 1. The Balaban J connectivity index is 1.53. The summed E-state index contributed by atoms with van der Waals surface area (Å²) in [6.45, 7) is 3.96. The lowest BCUT2D eigenvalue weighted by Gasteiger charge is -2.37. The second-order valence-corrected chi connectivity index (χ2v) is 7.90. The van der Waals surface area contributed by atoms with Gasteiger partial charge in [-0.1, -0.05) is 0 Å². The fraction of sp³-hybridized carbons (Fsp3) is 0.700. The number of hydrogen-bond donors (Lipinski definition) is 1.